The van der Waals surface area contributed by atoms with E-state index in [1.54, 1.807) is 24.3 Å². The van der Waals surface area contributed by atoms with Gasteiger partial charge >= 0.3 is 0 Å². The van der Waals surface area contributed by atoms with E-state index in [1.807, 2.05) is 18.2 Å². The van der Waals surface area contributed by atoms with Gasteiger partial charge in [0.1, 0.15) is 36.3 Å². The molecule has 2 heterocycles. The van der Waals surface area contributed by atoms with Crippen molar-refractivity contribution in [2.24, 2.45) is 0 Å². The van der Waals surface area contributed by atoms with Crippen LogP contribution in [0.4, 0.5) is 0 Å². The molecule has 1 saturated heterocycles. The summed E-state index contributed by atoms with van der Waals surface area (Å²) in [6, 6.07) is 12.7. The second-order valence-electron chi connectivity index (χ2n) is 6.25. The van der Waals surface area contributed by atoms with E-state index < -0.39 is 5.91 Å². The van der Waals surface area contributed by atoms with Gasteiger partial charge in [-0.15, -0.1) is 0 Å². The maximum atomic E-state index is 12.2. The van der Waals surface area contributed by atoms with Gasteiger partial charge in [-0.25, -0.2) is 0 Å². The molecule has 1 aromatic heterocycles. The second kappa shape index (κ2) is 9.38. The van der Waals surface area contributed by atoms with Crippen LogP contribution in [0.25, 0.3) is 17.4 Å². The zero-order valence-electron chi connectivity index (χ0n) is 14.8. The zero-order chi connectivity index (χ0) is 19.1. The van der Waals surface area contributed by atoms with Crippen LogP contribution >= 0.6 is 11.6 Å². The van der Waals surface area contributed by atoms with E-state index in [4.69, 9.17) is 20.8 Å². The third kappa shape index (κ3) is 5.44. The van der Waals surface area contributed by atoms with Crippen molar-refractivity contribution in [3.63, 3.8) is 0 Å². The van der Waals surface area contributed by atoms with E-state index in [0.717, 1.165) is 38.4 Å². The third-order valence-corrected chi connectivity index (χ3v) is 4.62. The number of amides is 1. The Morgan fingerprint density at radius 1 is 1.22 bits per heavy atom. The Labute approximate surface area is 163 Å². The van der Waals surface area contributed by atoms with E-state index >= 15 is 0 Å². The number of carbonyl (C=O) groups is 1. The fourth-order valence-electron chi connectivity index (χ4n) is 2.85. The van der Waals surface area contributed by atoms with Crippen molar-refractivity contribution in [3.05, 3.63) is 52.8 Å². The summed E-state index contributed by atoms with van der Waals surface area (Å²) in [5, 5.41) is 12.7. The highest BCUT2D eigenvalue weighted by molar-refractivity contribution is 6.30. The minimum absolute atomic E-state index is 0.0176. The highest BCUT2D eigenvalue weighted by atomic mass is 35.5. The van der Waals surface area contributed by atoms with Crippen LogP contribution in [0.2, 0.25) is 5.02 Å². The lowest BCUT2D eigenvalue weighted by atomic mass is 10.2. The highest BCUT2D eigenvalue weighted by Gasteiger charge is 2.15. The molecule has 0 unspecified atom stereocenters. The Morgan fingerprint density at radius 3 is 2.67 bits per heavy atom. The summed E-state index contributed by atoms with van der Waals surface area (Å²) in [4.78, 5) is 13.6. The van der Waals surface area contributed by atoms with Crippen LogP contribution in [0.5, 0.6) is 0 Å². The van der Waals surface area contributed by atoms with Crippen molar-refractivity contribution in [2.75, 3.05) is 39.4 Å². The van der Waals surface area contributed by atoms with Crippen LogP contribution in [-0.4, -0.2) is 45.3 Å². The lowest BCUT2D eigenvalue weighted by molar-refractivity contribution is -0.906. The number of hydrogen-bond donors (Lipinski definition) is 2. The number of halogens is 1. The largest absolute Gasteiger partial charge is 0.457 e. The van der Waals surface area contributed by atoms with E-state index in [0.29, 0.717) is 23.1 Å². The van der Waals surface area contributed by atoms with Gasteiger partial charge in [-0.3, -0.25) is 4.79 Å². The summed E-state index contributed by atoms with van der Waals surface area (Å²) in [5.74, 6) is 0.701. The van der Waals surface area contributed by atoms with Gasteiger partial charge in [0.2, 0.25) is 0 Å². The van der Waals surface area contributed by atoms with E-state index in [2.05, 4.69) is 5.32 Å². The first-order valence-electron chi connectivity index (χ1n) is 8.83. The number of nitriles is 1. The molecule has 140 valence electrons. The van der Waals surface area contributed by atoms with Crippen molar-refractivity contribution in [3.8, 4) is 17.4 Å². The lowest BCUT2D eigenvalue weighted by Gasteiger charge is -2.23. The van der Waals surface area contributed by atoms with E-state index in [1.165, 1.54) is 11.0 Å². The van der Waals surface area contributed by atoms with Crippen LogP contribution in [0, 0.1) is 11.3 Å². The molecule has 0 atom stereocenters. The van der Waals surface area contributed by atoms with E-state index in [-0.39, 0.29) is 5.57 Å². The van der Waals surface area contributed by atoms with Crippen LogP contribution in [0.15, 0.2) is 46.4 Å². The first-order valence-corrected chi connectivity index (χ1v) is 9.20. The highest BCUT2D eigenvalue weighted by Crippen LogP contribution is 2.24. The Balaban J connectivity index is 1.59. The predicted molar refractivity (Wildman–Crippen MR) is 102 cm³/mol. The van der Waals surface area contributed by atoms with Crippen molar-refractivity contribution >= 4 is 23.6 Å². The van der Waals surface area contributed by atoms with Gasteiger partial charge in [-0.2, -0.15) is 5.26 Å². The molecular formula is C20H21ClN3O3+. The molecular weight excluding hydrogens is 366 g/mol. The Morgan fingerprint density at radius 2 is 1.96 bits per heavy atom. The van der Waals surface area contributed by atoms with Gasteiger partial charge in [-0.05, 0) is 36.4 Å². The molecule has 7 heteroatoms. The first-order chi connectivity index (χ1) is 13.2. The van der Waals surface area contributed by atoms with Gasteiger partial charge in [0.05, 0.1) is 26.3 Å². The van der Waals surface area contributed by atoms with Crippen molar-refractivity contribution in [1.82, 2.24) is 5.32 Å². The zero-order valence-corrected chi connectivity index (χ0v) is 15.6. The Hall–Kier alpha value is -2.59. The van der Waals surface area contributed by atoms with Crippen LogP contribution in [0.3, 0.4) is 0 Å². The van der Waals surface area contributed by atoms with Crippen molar-refractivity contribution < 1.29 is 18.8 Å². The fraction of sp³-hybridized carbons (Fsp3) is 0.300. The average molecular weight is 387 g/mol. The van der Waals surface area contributed by atoms with Crippen molar-refractivity contribution in [1.29, 1.82) is 5.26 Å². The summed E-state index contributed by atoms with van der Waals surface area (Å²) in [5.41, 5.74) is 0.888. The standard InChI is InChI=1S/C20H20ClN3O3/c21-17-3-1-15(2-4-17)19-6-5-18(27-19)13-16(14-22)20(25)23-7-8-24-9-11-26-12-10-24/h1-6,13H,7-12H2,(H,23,25)/p+1/b16-13+. The molecule has 1 fully saturated rings. The van der Waals surface area contributed by atoms with Crippen LogP contribution in [-0.2, 0) is 9.53 Å². The molecule has 0 bridgehead atoms. The SMILES string of the molecule is N#C/C(=C\c1ccc(-c2ccc(Cl)cc2)o1)C(=O)NCC[NH+]1CCOCC1. The predicted octanol–water partition coefficient (Wildman–Crippen LogP) is 1.54. The summed E-state index contributed by atoms with van der Waals surface area (Å²) >= 11 is 5.89. The van der Waals surface area contributed by atoms with Gasteiger partial charge in [-0.1, -0.05) is 11.6 Å². The normalized spacial score (nSPS) is 15.3. The summed E-state index contributed by atoms with van der Waals surface area (Å²) < 4.78 is 11.0. The maximum absolute atomic E-state index is 12.2. The molecule has 6 nitrogen and oxygen atoms in total. The number of carbonyl (C=O) groups excluding carboxylic acids is 1. The smallest absolute Gasteiger partial charge is 0.262 e. The Kier molecular flexibility index (Phi) is 6.66. The molecule has 1 aliphatic heterocycles. The van der Waals surface area contributed by atoms with Gasteiger partial charge in [0.25, 0.3) is 5.91 Å². The quantitative estimate of drug-likeness (QED) is 0.583. The number of morpholine rings is 1. The van der Waals surface area contributed by atoms with Gasteiger partial charge in [0, 0.05) is 16.7 Å². The molecule has 0 radical (unpaired) electrons. The summed E-state index contributed by atoms with van der Waals surface area (Å²) in [7, 11) is 0. The second-order valence-corrected chi connectivity index (χ2v) is 6.68. The molecule has 3 rings (SSSR count). The number of rotatable bonds is 6. The monoisotopic (exact) mass is 386 g/mol. The van der Waals surface area contributed by atoms with Gasteiger partial charge < -0.3 is 19.4 Å². The minimum Gasteiger partial charge on any atom is -0.457 e. The molecule has 1 aliphatic rings. The Bertz CT molecular complexity index is 846. The van der Waals surface area contributed by atoms with E-state index in [9.17, 15) is 10.1 Å². The molecule has 0 spiro atoms. The molecule has 0 saturated carbocycles. The molecule has 27 heavy (non-hydrogen) atoms. The number of nitrogens with zero attached hydrogens (tertiary/aromatic N) is 1. The summed E-state index contributed by atoms with van der Waals surface area (Å²) in [6.07, 6.45) is 1.45. The third-order valence-electron chi connectivity index (χ3n) is 4.37. The van der Waals surface area contributed by atoms with Crippen LogP contribution in [0.1, 0.15) is 5.76 Å². The summed E-state index contributed by atoms with van der Waals surface area (Å²) in [6.45, 7) is 4.71. The van der Waals surface area contributed by atoms with Gasteiger partial charge in [0.15, 0.2) is 0 Å². The maximum Gasteiger partial charge on any atom is 0.262 e. The first kappa shape index (κ1) is 19.2. The van der Waals surface area contributed by atoms with Crippen LogP contribution < -0.4 is 10.2 Å². The molecule has 0 aliphatic carbocycles. The average Bonchev–Trinajstić information content (AvgIpc) is 3.16. The number of nitrogens with one attached hydrogen (secondary N) is 2. The lowest BCUT2D eigenvalue weighted by Crippen LogP contribution is -3.14. The number of quaternary nitrogens is 1. The minimum atomic E-state index is -0.394. The number of hydrogen-bond acceptors (Lipinski definition) is 4. The number of furan rings is 1. The topological polar surface area (TPSA) is 79.7 Å². The molecule has 2 N–H and O–H groups in total. The number of benzene rings is 1. The molecule has 1 amide bonds. The fourth-order valence-corrected chi connectivity index (χ4v) is 2.97. The molecule has 1 aromatic carbocycles. The number of ether oxygens (including phenoxy) is 1. The van der Waals surface area contributed by atoms with Crippen molar-refractivity contribution in [2.45, 2.75) is 0 Å². The molecule has 2 aromatic rings.